The summed E-state index contributed by atoms with van der Waals surface area (Å²) in [6.07, 6.45) is 4.56. The Hall–Kier alpha value is -2.50. The molecule has 0 fully saturated rings. The summed E-state index contributed by atoms with van der Waals surface area (Å²) in [6.45, 7) is 5.06. The first kappa shape index (κ1) is 18.8. The second-order valence-electron chi connectivity index (χ2n) is 6.92. The molecule has 4 nitrogen and oxygen atoms in total. The predicted molar refractivity (Wildman–Crippen MR) is 119 cm³/mol. The molecule has 4 rings (SSSR count). The van der Waals surface area contributed by atoms with Crippen LogP contribution in [0.15, 0.2) is 48.8 Å². The van der Waals surface area contributed by atoms with E-state index in [0.29, 0.717) is 0 Å². The highest BCUT2D eigenvalue weighted by Gasteiger charge is 2.20. The molecular formula is C22H21ClN4S. The van der Waals surface area contributed by atoms with Crippen molar-refractivity contribution in [2.75, 3.05) is 18.5 Å². The average Bonchev–Trinajstić information content (AvgIpc) is 3.02. The van der Waals surface area contributed by atoms with Crippen molar-refractivity contribution in [3.8, 4) is 11.1 Å². The van der Waals surface area contributed by atoms with Crippen LogP contribution >= 0.6 is 22.9 Å². The summed E-state index contributed by atoms with van der Waals surface area (Å²) < 4.78 is 0. The first-order valence-electron chi connectivity index (χ1n) is 9.16. The lowest BCUT2D eigenvalue weighted by atomic mass is 10.0. The van der Waals surface area contributed by atoms with Crippen LogP contribution in [0.1, 0.15) is 16.0 Å². The first-order chi connectivity index (χ1) is 13.5. The standard InChI is InChI=1S/C22H21ClN4S/c1-14-4-6-17(7-5-14)18-15(2)28-21-19(18)20(25-22(23)26-21)27(3)13-10-16-8-11-24-12-9-16/h4-9,11-12H,10,13H2,1-3H3. The molecule has 4 aromatic rings. The van der Waals surface area contributed by atoms with Crippen molar-refractivity contribution in [3.05, 3.63) is 70.1 Å². The van der Waals surface area contributed by atoms with Gasteiger partial charge in [-0.25, -0.2) is 4.98 Å². The number of pyridine rings is 1. The number of likely N-dealkylation sites (N-methyl/N-ethyl adjacent to an activating group) is 1. The maximum absolute atomic E-state index is 6.26. The van der Waals surface area contributed by atoms with E-state index in [1.54, 1.807) is 11.3 Å². The summed E-state index contributed by atoms with van der Waals surface area (Å²) in [6, 6.07) is 12.7. The number of benzene rings is 1. The van der Waals surface area contributed by atoms with Crippen LogP contribution in [0.4, 0.5) is 5.82 Å². The average molecular weight is 409 g/mol. The highest BCUT2D eigenvalue weighted by atomic mass is 35.5. The molecule has 0 radical (unpaired) electrons. The number of hydrogen-bond acceptors (Lipinski definition) is 5. The number of halogens is 1. The van der Waals surface area contributed by atoms with Gasteiger partial charge in [-0.2, -0.15) is 4.98 Å². The maximum Gasteiger partial charge on any atom is 0.225 e. The molecule has 0 atom stereocenters. The Morgan fingerprint density at radius 1 is 1.00 bits per heavy atom. The number of anilines is 1. The van der Waals surface area contributed by atoms with Crippen molar-refractivity contribution in [2.24, 2.45) is 0 Å². The van der Waals surface area contributed by atoms with Gasteiger partial charge in [0.15, 0.2) is 0 Å². The third kappa shape index (κ3) is 3.73. The molecule has 0 saturated carbocycles. The van der Waals surface area contributed by atoms with Gasteiger partial charge in [-0.05, 0) is 55.1 Å². The van der Waals surface area contributed by atoms with Gasteiger partial charge in [-0.15, -0.1) is 11.3 Å². The lowest BCUT2D eigenvalue weighted by Gasteiger charge is -2.20. The highest BCUT2D eigenvalue weighted by molar-refractivity contribution is 7.19. The molecule has 0 unspecified atom stereocenters. The van der Waals surface area contributed by atoms with Crippen LogP contribution in [0.2, 0.25) is 5.28 Å². The van der Waals surface area contributed by atoms with E-state index in [4.69, 9.17) is 11.6 Å². The van der Waals surface area contributed by atoms with Crippen molar-refractivity contribution in [2.45, 2.75) is 20.3 Å². The fourth-order valence-corrected chi connectivity index (χ4v) is 4.62. The van der Waals surface area contributed by atoms with Crippen LogP contribution in [-0.4, -0.2) is 28.5 Å². The monoisotopic (exact) mass is 408 g/mol. The van der Waals surface area contributed by atoms with Gasteiger partial charge in [0.05, 0.1) is 5.39 Å². The summed E-state index contributed by atoms with van der Waals surface area (Å²) in [5.41, 5.74) is 4.87. The summed E-state index contributed by atoms with van der Waals surface area (Å²) in [4.78, 5) is 17.5. The summed E-state index contributed by atoms with van der Waals surface area (Å²) in [5, 5.41) is 1.36. The topological polar surface area (TPSA) is 41.9 Å². The molecule has 0 aliphatic rings. The van der Waals surface area contributed by atoms with E-state index in [9.17, 15) is 0 Å². The molecule has 3 heterocycles. The molecule has 0 amide bonds. The Morgan fingerprint density at radius 2 is 1.71 bits per heavy atom. The van der Waals surface area contributed by atoms with Crippen molar-refractivity contribution < 1.29 is 0 Å². The normalized spacial score (nSPS) is 11.1. The second-order valence-corrected chi connectivity index (χ2v) is 8.46. The van der Waals surface area contributed by atoms with Gasteiger partial charge in [0, 0.05) is 36.4 Å². The molecular weight excluding hydrogens is 388 g/mol. The minimum Gasteiger partial charge on any atom is -0.359 e. The van der Waals surface area contributed by atoms with E-state index < -0.39 is 0 Å². The number of fused-ring (bicyclic) bond motifs is 1. The van der Waals surface area contributed by atoms with Crippen LogP contribution in [-0.2, 0) is 6.42 Å². The minimum absolute atomic E-state index is 0.287. The Morgan fingerprint density at radius 3 is 2.43 bits per heavy atom. The number of nitrogens with zero attached hydrogens (tertiary/aromatic N) is 4. The fourth-order valence-electron chi connectivity index (χ4n) is 3.36. The quantitative estimate of drug-likeness (QED) is 0.397. The van der Waals surface area contributed by atoms with Gasteiger partial charge in [0.25, 0.3) is 0 Å². The van der Waals surface area contributed by atoms with E-state index in [1.165, 1.54) is 27.1 Å². The molecule has 0 bridgehead atoms. The van der Waals surface area contributed by atoms with E-state index in [1.807, 2.05) is 24.5 Å². The molecule has 0 spiro atoms. The van der Waals surface area contributed by atoms with Crippen LogP contribution in [0.3, 0.4) is 0 Å². The summed E-state index contributed by atoms with van der Waals surface area (Å²) in [5.74, 6) is 0.879. The SMILES string of the molecule is Cc1ccc(-c2c(C)sc3nc(Cl)nc(N(C)CCc4ccncc4)c23)cc1. The minimum atomic E-state index is 0.287. The van der Waals surface area contributed by atoms with E-state index in [0.717, 1.165) is 29.0 Å². The molecule has 3 aromatic heterocycles. The first-order valence-corrected chi connectivity index (χ1v) is 10.4. The third-order valence-electron chi connectivity index (χ3n) is 4.87. The number of aryl methyl sites for hydroxylation is 2. The smallest absolute Gasteiger partial charge is 0.225 e. The zero-order chi connectivity index (χ0) is 19.7. The second kappa shape index (κ2) is 7.86. The predicted octanol–water partition coefficient (Wildman–Crippen LogP) is 5.70. The highest BCUT2D eigenvalue weighted by Crippen LogP contribution is 2.42. The molecule has 1 aromatic carbocycles. The van der Waals surface area contributed by atoms with Crippen molar-refractivity contribution in [1.29, 1.82) is 0 Å². The summed E-state index contributed by atoms with van der Waals surface area (Å²) in [7, 11) is 2.06. The van der Waals surface area contributed by atoms with Crippen molar-refractivity contribution >= 4 is 39.0 Å². The third-order valence-corrected chi connectivity index (χ3v) is 6.04. The number of rotatable bonds is 5. The van der Waals surface area contributed by atoms with Gasteiger partial charge in [-0.1, -0.05) is 29.8 Å². The molecule has 0 aliphatic carbocycles. The van der Waals surface area contributed by atoms with E-state index in [2.05, 4.69) is 65.0 Å². The number of thiophene rings is 1. The van der Waals surface area contributed by atoms with E-state index >= 15 is 0 Å². The van der Waals surface area contributed by atoms with Gasteiger partial charge < -0.3 is 4.90 Å². The van der Waals surface area contributed by atoms with Gasteiger partial charge in [0.2, 0.25) is 5.28 Å². The number of aromatic nitrogens is 3. The van der Waals surface area contributed by atoms with Gasteiger partial charge >= 0.3 is 0 Å². The maximum atomic E-state index is 6.26. The van der Waals surface area contributed by atoms with Crippen LogP contribution in [0.5, 0.6) is 0 Å². The molecule has 28 heavy (non-hydrogen) atoms. The number of hydrogen-bond donors (Lipinski definition) is 0. The van der Waals surface area contributed by atoms with Crippen LogP contribution in [0.25, 0.3) is 21.3 Å². The van der Waals surface area contributed by atoms with Crippen LogP contribution < -0.4 is 4.90 Å². The van der Waals surface area contributed by atoms with Gasteiger partial charge in [-0.3, -0.25) is 4.98 Å². The fraction of sp³-hybridized carbons (Fsp3) is 0.227. The largest absolute Gasteiger partial charge is 0.359 e. The van der Waals surface area contributed by atoms with Gasteiger partial charge in [0.1, 0.15) is 10.6 Å². The summed E-state index contributed by atoms with van der Waals surface area (Å²) >= 11 is 7.93. The lowest BCUT2D eigenvalue weighted by Crippen LogP contribution is -2.22. The Kier molecular flexibility index (Phi) is 5.29. The molecule has 6 heteroatoms. The van der Waals surface area contributed by atoms with Crippen molar-refractivity contribution in [1.82, 2.24) is 15.0 Å². The molecule has 142 valence electrons. The lowest BCUT2D eigenvalue weighted by molar-refractivity contribution is 0.861. The molecule has 0 saturated heterocycles. The molecule has 0 N–H and O–H groups in total. The van der Waals surface area contributed by atoms with Crippen LogP contribution in [0, 0.1) is 13.8 Å². The Labute approximate surface area is 173 Å². The zero-order valence-electron chi connectivity index (χ0n) is 16.1. The Balaban J connectivity index is 1.77. The zero-order valence-corrected chi connectivity index (χ0v) is 17.7. The molecule has 0 aliphatic heterocycles. The van der Waals surface area contributed by atoms with Crippen molar-refractivity contribution in [3.63, 3.8) is 0 Å². The Bertz CT molecular complexity index is 1110. The van der Waals surface area contributed by atoms with E-state index in [-0.39, 0.29) is 5.28 Å².